The van der Waals surface area contributed by atoms with Crippen molar-refractivity contribution >= 4 is 17.5 Å². The summed E-state index contributed by atoms with van der Waals surface area (Å²) in [7, 11) is 0. The Morgan fingerprint density at radius 1 is 0.875 bits per heavy atom. The number of rotatable bonds is 7. The molecule has 0 atom stereocenters. The van der Waals surface area contributed by atoms with Crippen LogP contribution >= 0.6 is 0 Å². The highest BCUT2D eigenvalue weighted by Gasteiger charge is 2.17. The third-order valence-electron chi connectivity index (χ3n) is 4.98. The van der Waals surface area contributed by atoms with Gasteiger partial charge in [-0.15, -0.1) is 0 Å². The van der Waals surface area contributed by atoms with Crippen LogP contribution in [0.25, 0.3) is 11.5 Å². The molecule has 4 aromatic rings. The molecule has 32 heavy (non-hydrogen) atoms. The monoisotopic (exact) mass is 425 g/mol. The molecule has 0 unspecified atom stereocenters. The maximum Gasteiger partial charge on any atom is 0.253 e. The van der Waals surface area contributed by atoms with Crippen molar-refractivity contribution in [1.82, 2.24) is 10.3 Å². The number of anilines is 1. The summed E-state index contributed by atoms with van der Waals surface area (Å²) in [6, 6.07) is 26.1. The molecule has 0 saturated heterocycles. The second-order valence-electron chi connectivity index (χ2n) is 7.33. The number of hydrogen-bond acceptors (Lipinski definition) is 4. The SMILES string of the molecule is Cc1oc(-c2ccccc2)nc1CC(=O)Nc1ccccc1C(=O)NCc1ccccc1. The van der Waals surface area contributed by atoms with Gasteiger partial charge in [0.25, 0.3) is 5.91 Å². The van der Waals surface area contributed by atoms with Crippen LogP contribution in [-0.4, -0.2) is 16.8 Å². The van der Waals surface area contributed by atoms with E-state index in [0.29, 0.717) is 35.1 Å². The molecule has 0 bridgehead atoms. The van der Waals surface area contributed by atoms with E-state index >= 15 is 0 Å². The fourth-order valence-electron chi connectivity index (χ4n) is 3.31. The molecule has 0 aliphatic heterocycles. The van der Waals surface area contributed by atoms with E-state index in [1.807, 2.05) is 60.7 Å². The first-order valence-corrected chi connectivity index (χ1v) is 10.3. The Hall–Kier alpha value is -4.19. The van der Waals surface area contributed by atoms with Gasteiger partial charge in [-0.05, 0) is 36.8 Å². The molecule has 1 aromatic heterocycles. The minimum absolute atomic E-state index is 0.0438. The van der Waals surface area contributed by atoms with Crippen molar-refractivity contribution in [1.29, 1.82) is 0 Å². The van der Waals surface area contributed by atoms with E-state index in [0.717, 1.165) is 11.1 Å². The molecular formula is C26H23N3O3. The average Bonchev–Trinajstić information content (AvgIpc) is 3.19. The normalized spacial score (nSPS) is 10.5. The zero-order valence-corrected chi connectivity index (χ0v) is 17.7. The van der Waals surface area contributed by atoms with Crippen LogP contribution < -0.4 is 10.6 Å². The lowest BCUT2D eigenvalue weighted by molar-refractivity contribution is -0.115. The second-order valence-corrected chi connectivity index (χ2v) is 7.33. The maximum atomic E-state index is 12.7. The van der Waals surface area contributed by atoms with Gasteiger partial charge in [-0.1, -0.05) is 60.7 Å². The lowest BCUT2D eigenvalue weighted by Gasteiger charge is -2.11. The molecule has 0 aliphatic carbocycles. The molecule has 1 heterocycles. The molecule has 6 heteroatoms. The van der Waals surface area contributed by atoms with E-state index in [1.165, 1.54) is 0 Å². The molecule has 0 aliphatic rings. The van der Waals surface area contributed by atoms with Crippen LogP contribution in [0.2, 0.25) is 0 Å². The summed E-state index contributed by atoms with van der Waals surface area (Å²) in [5, 5.41) is 5.72. The number of amides is 2. The minimum atomic E-state index is -0.274. The number of hydrogen-bond donors (Lipinski definition) is 2. The predicted molar refractivity (Wildman–Crippen MR) is 123 cm³/mol. The summed E-state index contributed by atoms with van der Waals surface area (Å²) in [4.78, 5) is 29.9. The summed E-state index contributed by atoms with van der Waals surface area (Å²) >= 11 is 0. The predicted octanol–water partition coefficient (Wildman–Crippen LogP) is 4.76. The van der Waals surface area contributed by atoms with E-state index in [9.17, 15) is 9.59 Å². The van der Waals surface area contributed by atoms with Gasteiger partial charge >= 0.3 is 0 Å². The van der Waals surface area contributed by atoms with Gasteiger partial charge in [0.2, 0.25) is 11.8 Å². The summed E-state index contributed by atoms with van der Waals surface area (Å²) in [6.45, 7) is 2.19. The van der Waals surface area contributed by atoms with Crippen molar-refractivity contribution in [2.75, 3.05) is 5.32 Å². The number of para-hydroxylation sites is 1. The third kappa shape index (κ3) is 5.10. The van der Waals surface area contributed by atoms with Crippen molar-refractivity contribution in [3.05, 3.63) is 108 Å². The number of nitrogens with zero attached hydrogens (tertiary/aromatic N) is 1. The smallest absolute Gasteiger partial charge is 0.253 e. The standard InChI is InChI=1S/C26H23N3O3/c1-18-23(29-26(32-18)20-12-6-3-7-13-20)16-24(30)28-22-15-9-8-14-21(22)25(31)27-17-19-10-4-2-5-11-19/h2-15H,16-17H2,1H3,(H,27,31)(H,28,30). The van der Waals surface area contributed by atoms with Crippen LogP contribution in [-0.2, 0) is 17.8 Å². The number of nitrogens with one attached hydrogen (secondary N) is 2. The summed E-state index contributed by atoms with van der Waals surface area (Å²) in [6.07, 6.45) is 0.0438. The summed E-state index contributed by atoms with van der Waals surface area (Å²) < 4.78 is 5.73. The summed E-state index contributed by atoms with van der Waals surface area (Å²) in [5.41, 5.74) is 3.26. The van der Waals surface area contributed by atoms with Crippen molar-refractivity contribution in [3.63, 3.8) is 0 Å². The number of carbonyl (C=O) groups excluding carboxylic acids is 2. The number of carbonyl (C=O) groups is 2. The summed E-state index contributed by atoms with van der Waals surface area (Å²) in [5.74, 6) is 0.539. The largest absolute Gasteiger partial charge is 0.441 e. The number of aryl methyl sites for hydroxylation is 1. The van der Waals surface area contributed by atoms with Gasteiger partial charge in [0.1, 0.15) is 5.76 Å². The lowest BCUT2D eigenvalue weighted by atomic mass is 10.1. The van der Waals surface area contributed by atoms with Gasteiger partial charge in [-0.25, -0.2) is 4.98 Å². The van der Waals surface area contributed by atoms with Crippen molar-refractivity contribution < 1.29 is 14.0 Å². The van der Waals surface area contributed by atoms with Crippen LogP contribution in [0.4, 0.5) is 5.69 Å². The highest BCUT2D eigenvalue weighted by atomic mass is 16.4. The van der Waals surface area contributed by atoms with Gasteiger partial charge in [-0.3, -0.25) is 9.59 Å². The van der Waals surface area contributed by atoms with Gasteiger partial charge in [0.15, 0.2) is 0 Å². The third-order valence-corrected chi connectivity index (χ3v) is 4.98. The molecule has 6 nitrogen and oxygen atoms in total. The Morgan fingerprint density at radius 2 is 1.53 bits per heavy atom. The highest BCUT2D eigenvalue weighted by Crippen LogP contribution is 2.22. The molecule has 3 aromatic carbocycles. The van der Waals surface area contributed by atoms with E-state index in [4.69, 9.17) is 4.42 Å². The topological polar surface area (TPSA) is 84.2 Å². The van der Waals surface area contributed by atoms with Crippen LogP contribution in [0.1, 0.15) is 27.4 Å². The minimum Gasteiger partial charge on any atom is -0.441 e. The lowest BCUT2D eigenvalue weighted by Crippen LogP contribution is -2.25. The Labute approximate surface area is 186 Å². The highest BCUT2D eigenvalue weighted by molar-refractivity contribution is 6.04. The Morgan fingerprint density at radius 3 is 2.28 bits per heavy atom. The average molecular weight is 425 g/mol. The first kappa shape index (κ1) is 21.1. The molecule has 0 spiro atoms. The van der Waals surface area contributed by atoms with Crippen molar-refractivity contribution in [2.45, 2.75) is 19.9 Å². The van der Waals surface area contributed by atoms with Gasteiger partial charge < -0.3 is 15.1 Å². The Balaban J connectivity index is 1.43. The molecule has 0 saturated carbocycles. The van der Waals surface area contributed by atoms with Crippen molar-refractivity contribution in [2.24, 2.45) is 0 Å². The van der Waals surface area contributed by atoms with E-state index < -0.39 is 0 Å². The van der Waals surface area contributed by atoms with E-state index in [-0.39, 0.29) is 18.2 Å². The van der Waals surface area contributed by atoms with E-state index in [2.05, 4.69) is 15.6 Å². The molecule has 0 fully saturated rings. The van der Waals surface area contributed by atoms with Gasteiger partial charge in [0, 0.05) is 12.1 Å². The van der Waals surface area contributed by atoms with Gasteiger partial charge in [0.05, 0.1) is 23.4 Å². The van der Waals surface area contributed by atoms with Crippen LogP contribution in [0.15, 0.2) is 89.3 Å². The van der Waals surface area contributed by atoms with Crippen LogP contribution in [0.3, 0.4) is 0 Å². The zero-order chi connectivity index (χ0) is 22.3. The maximum absolute atomic E-state index is 12.7. The molecular weight excluding hydrogens is 402 g/mol. The van der Waals surface area contributed by atoms with Crippen LogP contribution in [0.5, 0.6) is 0 Å². The molecule has 2 N–H and O–H groups in total. The van der Waals surface area contributed by atoms with Crippen LogP contribution in [0, 0.1) is 6.92 Å². The Kier molecular flexibility index (Phi) is 6.41. The quantitative estimate of drug-likeness (QED) is 0.447. The number of oxazole rings is 1. The molecule has 160 valence electrons. The first-order valence-electron chi connectivity index (χ1n) is 10.3. The zero-order valence-electron chi connectivity index (χ0n) is 17.7. The number of aromatic nitrogens is 1. The molecule has 2 amide bonds. The Bertz CT molecular complexity index is 1220. The van der Waals surface area contributed by atoms with Crippen molar-refractivity contribution in [3.8, 4) is 11.5 Å². The molecule has 4 rings (SSSR count). The van der Waals surface area contributed by atoms with Gasteiger partial charge in [-0.2, -0.15) is 0 Å². The first-order chi connectivity index (χ1) is 15.6. The second kappa shape index (κ2) is 9.75. The molecule has 0 radical (unpaired) electrons. The fraction of sp³-hybridized carbons (Fsp3) is 0.115. The fourth-order valence-corrected chi connectivity index (χ4v) is 3.31. The number of benzene rings is 3. The van der Waals surface area contributed by atoms with E-state index in [1.54, 1.807) is 31.2 Å².